The molecule has 1 rings (SSSR count). The first-order valence-electron chi connectivity index (χ1n) is 5.90. The third-order valence-corrected chi connectivity index (χ3v) is 6.83. The Morgan fingerprint density at radius 3 is 2.50 bits per heavy atom. The van der Waals surface area contributed by atoms with Crippen LogP contribution in [0.15, 0.2) is 12.3 Å². The van der Waals surface area contributed by atoms with E-state index in [1.54, 1.807) is 10.5 Å². The van der Waals surface area contributed by atoms with Gasteiger partial charge >= 0.3 is 0 Å². The monoisotopic (exact) mass is 261 g/mol. The molecule has 0 unspecified atom stereocenters. The Kier molecular flexibility index (Phi) is 4.23. The number of hydrogen-bond donors (Lipinski definition) is 0. The fraction of sp³-hybridized carbons (Fsp3) is 0.818. The van der Waals surface area contributed by atoms with Crippen LogP contribution in [0.4, 0.5) is 0 Å². The highest BCUT2D eigenvalue weighted by Gasteiger charge is 2.27. The maximum Gasteiger partial charge on any atom is 0.234 e. The standard InChI is InChI=1S/C11H23NO2SSi/c1-11-7-5-6-8-12(11)15(13,14)9-10-16(2,3)4/h6,8,11H,5,7,9-10H2,1-4H3/t11-/m0/s1. The Morgan fingerprint density at radius 2 is 2.00 bits per heavy atom. The highest BCUT2D eigenvalue weighted by molar-refractivity contribution is 7.89. The molecule has 16 heavy (non-hydrogen) atoms. The first-order valence-corrected chi connectivity index (χ1v) is 11.2. The Labute approximate surface area is 101 Å². The lowest BCUT2D eigenvalue weighted by Gasteiger charge is -2.30. The molecule has 3 nitrogen and oxygen atoms in total. The zero-order valence-electron chi connectivity index (χ0n) is 10.7. The van der Waals surface area contributed by atoms with Gasteiger partial charge in [-0.25, -0.2) is 8.42 Å². The van der Waals surface area contributed by atoms with E-state index in [-0.39, 0.29) is 6.04 Å². The molecule has 0 aliphatic carbocycles. The number of hydrogen-bond acceptors (Lipinski definition) is 2. The van der Waals surface area contributed by atoms with Crippen LogP contribution >= 0.6 is 0 Å². The third kappa shape index (κ3) is 3.94. The fourth-order valence-electron chi connectivity index (χ4n) is 1.70. The van der Waals surface area contributed by atoms with Crippen molar-refractivity contribution < 1.29 is 8.42 Å². The van der Waals surface area contributed by atoms with E-state index >= 15 is 0 Å². The predicted octanol–water partition coefficient (Wildman–Crippen LogP) is 2.65. The van der Waals surface area contributed by atoms with Crippen molar-refractivity contribution in [1.29, 1.82) is 0 Å². The highest BCUT2D eigenvalue weighted by atomic mass is 32.2. The van der Waals surface area contributed by atoms with Crippen LogP contribution in [0.3, 0.4) is 0 Å². The fourth-order valence-corrected chi connectivity index (χ4v) is 6.31. The third-order valence-electron chi connectivity index (χ3n) is 2.87. The van der Waals surface area contributed by atoms with Gasteiger partial charge < -0.3 is 0 Å². The molecule has 0 saturated carbocycles. The van der Waals surface area contributed by atoms with E-state index in [9.17, 15) is 8.42 Å². The molecule has 94 valence electrons. The van der Waals surface area contributed by atoms with Gasteiger partial charge in [0.25, 0.3) is 0 Å². The van der Waals surface area contributed by atoms with E-state index in [0.717, 1.165) is 18.9 Å². The highest BCUT2D eigenvalue weighted by Crippen LogP contribution is 2.20. The van der Waals surface area contributed by atoms with Gasteiger partial charge in [-0.3, -0.25) is 4.31 Å². The van der Waals surface area contributed by atoms with E-state index < -0.39 is 18.1 Å². The number of allylic oxidation sites excluding steroid dienone is 1. The van der Waals surface area contributed by atoms with Gasteiger partial charge in [-0.05, 0) is 25.8 Å². The lowest BCUT2D eigenvalue weighted by Crippen LogP contribution is -2.38. The van der Waals surface area contributed by atoms with Crippen LogP contribution in [-0.4, -0.2) is 32.6 Å². The maximum absolute atomic E-state index is 12.1. The zero-order chi connectivity index (χ0) is 12.4. The summed E-state index contributed by atoms with van der Waals surface area (Å²) >= 11 is 0. The van der Waals surface area contributed by atoms with E-state index in [2.05, 4.69) is 19.6 Å². The SMILES string of the molecule is C[C@H]1CCC=CN1S(=O)(=O)CC[Si](C)(C)C. The Morgan fingerprint density at radius 1 is 1.38 bits per heavy atom. The second kappa shape index (κ2) is 4.92. The van der Waals surface area contributed by atoms with Crippen LogP contribution in [0.2, 0.25) is 25.7 Å². The van der Waals surface area contributed by atoms with Crippen molar-refractivity contribution in [2.45, 2.75) is 51.5 Å². The molecule has 1 heterocycles. The van der Waals surface area contributed by atoms with Crippen LogP contribution in [0, 0.1) is 0 Å². The molecule has 0 aromatic rings. The van der Waals surface area contributed by atoms with Gasteiger partial charge in [0.1, 0.15) is 0 Å². The minimum atomic E-state index is -3.08. The van der Waals surface area contributed by atoms with Gasteiger partial charge in [-0.2, -0.15) is 0 Å². The first-order chi connectivity index (χ1) is 7.22. The quantitative estimate of drug-likeness (QED) is 0.730. The van der Waals surface area contributed by atoms with E-state index in [4.69, 9.17) is 0 Å². The van der Waals surface area contributed by atoms with Gasteiger partial charge in [-0.15, -0.1) is 0 Å². The average Bonchev–Trinajstić information content (AvgIpc) is 2.14. The van der Waals surface area contributed by atoms with Gasteiger partial charge in [-0.1, -0.05) is 25.7 Å². The van der Waals surface area contributed by atoms with E-state index in [0.29, 0.717) is 5.75 Å². The predicted molar refractivity (Wildman–Crippen MR) is 71.6 cm³/mol. The summed E-state index contributed by atoms with van der Waals surface area (Å²) in [5.74, 6) is 0.303. The lowest BCUT2D eigenvalue weighted by atomic mass is 10.1. The van der Waals surface area contributed by atoms with Crippen molar-refractivity contribution in [3.63, 3.8) is 0 Å². The summed E-state index contributed by atoms with van der Waals surface area (Å²) in [6.07, 6.45) is 5.61. The summed E-state index contributed by atoms with van der Waals surface area (Å²) in [6, 6.07) is 0.962. The topological polar surface area (TPSA) is 37.4 Å². The summed E-state index contributed by atoms with van der Waals surface area (Å²) in [5.41, 5.74) is 0. The van der Waals surface area contributed by atoms with Crippen molar-refractivity contribution in [3.05, 3.63) is 12.3 Å². The van der Waals surface area contributed by atoms with Crippen LogP contribution in [-0.2, 0) is 10.0 Å². The number of rotatable bonds is 4. The van der Waals surface area contributed by atoms with Gasteiger partial charge in [0, 0.05) is 20.3 Å². The molecule has 1 aliphatic rings. The Balaban J connectivity index is 2.70. The van der Waals surface area contributed by atoms with Crippen LogP contribution in [0.25, 0.3) is 0 Å². The van der Waals surface area contributed by atoms with Crippen LogP contribution in [0.1, 0.15) is 19.8 Å². The largest absolute Gasteiger partial charge is 0.275 e. The van der Waals surface area contributed by atoms with E-state index in [1.165, 1.54) is 0 Å². The Bertz CT molecular complexity index is 357. The molecule has 1 aliphatic heterocycles. The summed E-state index contributed by atoms with van der Waals surface area (Å²) in [5, 5.41) is 0. The summed E-state index contributed by atoms with van der Waals surface area (Å²) < 4.78 is 25.8. The summed E-state index contributed by atoms with van der Waals surface area (Å²) in [6.45, 7) is 8.60. The molecule has 5 heteroatoms. The number of sulfonamides is 1. The summed E-state index contributed by atoms with van der Waals surface area (Å²) in [4.78, 5) is 0. The number of nitrogens with zero attached hydrogens (tertiary/aromatic N) is 1. The molecule has 0 saturated heterocycles. The molecule has 0 spiro atoms. The average molecular weight is 261 g/mol. The van der Waals surface area contributed by atoms with Crippen molar-refractivity contribution in [3.8, 4) is 0 Å². The molecule has 1 atom stereocenters. The molecule has 0 radical (unpaired) electrons. The Hall–Kier alpha value is -0.293. The van der Waals surface area contributed by atoms with Crippen LogP contribution in [0.5, 0.6) is 0 Å². The molecule has 0 bridgehead atoms. The molecular formula is C11H23NO2SSi. The lowest BCUT2D eigenvalue weighted by molar-refractivity contribution is 0.386. The normalized spacial score (nSPS) is 22.5. The van der Waals surface area contributed by atoms with Gasteiger partial charge in [0.15, 0.2) is 0 Å². The van der Waals surface area contributed by atoms with Crippen LogP contribution < -0.4 is 0 Å². The van der Waals surface area contributed by atoms with E-state index in [1.807, 2.05) is 13.0 Å². The minimum Gasteiger partial charge on any atom is -0.275 e. The molecule has 0 aromatic carbocycles. The van der Waals surface area contributed by atoms with Gasteiger partial charge in [0.05, 0.1) is 5.75 Å². The van der Waals surface area contributed by atoms with Gasteiger partial charge in [0.2, 0.25) is 10.0 Å². The molecule has 0 aromatic heterocycles. The molecule has 0 N–H and O–H groups in total. The second-order valence-corrected chi connectivity index (χ2v) is 13.4. The van der Waals surface area contributed by atoms with Crippen molar-refractivity contribution in [2.24, 2.45) is 0 Å². The molecule has 0 amide bonds. The molecular weight excluding hydrogens is 238 g/mol. The maximum atomic E-state index is 12.1. The first kappa shape index (κ1) is 13.8. The summed E-state index contributed by atoms with van der Waals surface area (Å²) in [7, 11) is -4.37. The second-order valence-electron chi connectivity index (χ2n) is 5.77. The van der Waals surface area contributed by atoms with Crippen molar-refractivity contribution in [1.82, 2.24) is 4.31 Å². The minimum absolute atomic E-state index is 0.122. The molecule has 0 fully saturated rings. The zero-order valence-corrected chi connectivity index (χ0v) is 12.5. The van der Waals surface area contributed by atoms with Crippen molar-refractivity contribution >= 4 is 18.1 Å². The smallest absolute Gasteiger partial charge is 0.234 e. The van der Waals surface area contributed by atoms with Crippen molar-refractivity contribution in [2.75, 3.05) is 5.75 Å².